The number of hydrogen-bond donors (Lipinski definition) is 2. The molecule has 1 atom stereocenters. The molecule has 2 aromatic carbocycles. The topological polar surface area (TPSA) is 81.2 Å². The summed E-state index contributed by atoms with van der Waals surface area (Å²) in [7, 11) is 0. The van der Waals surface area contributed by atoms with Crippen molar-refractivity contribution in [1.82, 2.24) is 0 Å². The number of rotatable bonds is 3. The maximum atomic E-state index is 14.0. The average molecular weight is 301 g/mol. The molecule has 0 saturated heterocycles. The van der Waals surface area contributed by atoms with E-state index in [0.717, 1.165) is 30.4 Å². The Labute approximate surface area is 127 Å². The van der Waals surface area contributed by atoms with Gasteiger partial charge in [0.15, 0.2) is 5.82 Å². The fourth-order valence-electron chi connectivity index (χ4n) is 2.97. The molecule has 22 heavy (non-hydrogen) atoms. The summed E-state index contributed by atoms with van der Waals surface area (Å²) in [5, 5.41) is 14.1. The minimum Gasteiger partial charge on any atom is -0.399 e. The molecule has 0 bridgehead atoms. The van der Waals surface area contributed by atoms with Crippen molar-refractivity contribution in [2.24, 2.45) is 0 Å². The summed E-state index contributed by atoms with van der Waals surface area (Å²) >= 11 is 0. The molecule has 0 fully saturated rings. The molecule has 0 spiro atoms. The molecule has 1 aliphatic rings. The third kappa shape index (κ3) is 2.59. The molecule has 0 heterocycles. The predicted molar refractivity (Wildman–Crippen MR) is 83.2 cm³/mol. The minimum absolute atomic E-state index is 0.0535. The highest BCUT2D eigenvalue weighted by Gasteiger charge is 2.25. The molecule has 6 heteroatoms. The van der Waals surface area contributed by atoms with Crippen molar-refractivity contribution in [1.29, 1.82) is 0 Å². The van der Waals surface area contributed by atoms with Crippen LogP contribution >= 0.6 is 0 Å². The van der Waals surface area contributed by atoms with Gasteiger partial charge in [-0.05, 0) is 48.6 Å². The number of nitrogen functional groups attached to an aromatic ring is 1. The number of halogens is 1. The fourth-order valence-corrected chi connectivity index (χ4v) is 2.97. The zero-order chi connectivity index (χ0) is 15.7. The Balaban J connectivity index is 1.98. The van der Waals surface area contributed by atoms with Gasteiger partial charge in [-0.15, -0.1) is 0 Å². The van der Waals surface area contributed by atoms with Gasteiger partial charge in [-0.25, -0.2) is 4.39 Å². The SMILES string of the molecule is Nc1ccc2c(c1)CCCC2Nc1c(F)cccc1[N+](=O)[O-]. The number of nitro benzene ring substituents is 1. The largest absolute Gasteiger partial charge is 0.399 e. The van der Waals surface area contributed by atoms with Crippen LogP contribution in [0.4, 0.5) is 21.5 Å². The zero-order valence-electron chi connectivity index (χ0n) is 11.9. The van der Waals surface area contributed by atoms with E-state index in [1.54, 1.807) is 6.07 Å². The molecular weight excluding hydrogens is 285 g/mol. The molecule has 0 saturated carbocycles. The number of nitro groups is 1. The van der Waals surface area contributed by atoms with E-state index in [9.17, 15) is 14.5 Å². The number of anilines is 2. The Morgan fingerprint density at radius 1 is 1.32 bits per heavy atom. The van der Waals surface area contributed by atoms with Gasteiger partial charge in [0.1, 0.15) is 5.69 Å². The Bertz CT molecular complexity index is 733. The fraction of sp³-hybridized carbons (Fsp3) is 0.250. The van der Waals surface area contributed by atoms with E-state index >= 15 is 0 Å². The Hall–Kier alpha value is -2.63. The molecule has 114 valence electrons. The van der Waals surface area contributed by atoms with E-state index in [4.69, 9.17) is 5.73 Å². The number of benzene rings is 2. The molecule has 3 rings (SSSR count). The van der Waals surface area contributed by atoms with Crippen molar-refractivity contribution in [3.8, 4) is 0 Å². The van der Waals surface area contributed by atoms with E-state index in [1.807, 2.05) is 12.1 Å². The van der Waals surface area contributed by atoms with Gasteiger partial charge >= 0.3 is 0 Å². The average Bonchev–Trinajstić information content (AvgIpc) is 2.48. The van der Waals surface area contributed by atoms with E-state index in [-0.39, 0.29) is 17.4 Å². The van der Waals surface area contributed by atoms with Crippen LogP contribution in [0, 0.1) is 15.9 Å². The van der Waals surface area contributed by atoms with Gasteiger partial charge in [0, 0.05) is 11.8 Å². The predicted octanol–water partition coefficient (Wildman–Crippen LogP) is 3.81. The van der Waals surface area contributed by atoms with Crippen molar-refractivity contribution in [2.45, 2.75) is 25.3 Å². The van der Waals surface area contributed by atoms with Crippen LogP contribution in [0.2, 0.25) is 0 Å². The second kappa shape index (κ2) is 5.63. The van der Waals surface area contributed by atoms with E-state index in [1.165, 1.54) is 18.2 Å². The maximum Gasteiger partial charge on any atom is 0.295 e. The van der Waals surface area contributed by atoms with Crippen LogP contribution in [-0.2, 0) is 6.42 Å². The van der Waals surface area contributed by atoms with Crippen molar-refractivity contribution in [2.75, 3.05) is 11.1 Å². The third-order valence-corrected chi connectivity index (χ3v) is 3.99. The summed E-state index contributed by atoms with van der Waals surface area (Å²) in [5.41, 5.74) is 8.33. The van der Waals surface area contributed by atoms with E-state index in [2.05, 4.69) is 5.32 Å². The second-order valence-corrected chi connectivity index (χ2v) is 5.44. The first-order valence-corrected chi connectivity index (χ1v) is 7.14. The molecule has 1 unspecified atom stereocenters. The highest BCUT2D eigenvalue weighted by atomic mass is 19.1. The molecule has 0 aromatic heterocycles. The lowest BCUT2D eigenvalue weighted by Crippen LogP contribution is -2.19. The van der Waals surface area contributed by atoms with E-state index in [0.29, 0.717) is 5.69 Å². The number of nitrogens with one attached hydrogen (secondary N) is 1. The first-order valence-electron chi connectivity index (χ1n) is 7.14. The van der Waals surface area contributed by atoms with Gasteiger partial charge in [0.2, 0.25) is 0 Å². The normalized spacial score (nSPS) is 16.9. The Morgan fingerprint density at radius 2 is 2.14 bits per heavy atom. The van der Waals surface area contributed by atoms with Gasteiger partial charge in [-0.3, -0.25) is 10.1 Å². The quantitative estimate of drug-likeness (QED) is 0.513. The van der Waals surface area contributed by atoms with Crippen LogP contribution < -0.4 is 11.1 Å². The first kappa shape index (κ1) is 14.3. The van der Waals surface area contributed by atoms with Gasteiger partial charge < -0.3 is 11.1 Å². The summed E-state index contributed by atoms with van der Waals surface area (Å²) in [6.07, 6.45) is 2.64. The van der Waals surface area contributed by atoms with Crippen LogP contribution in [0.3, 0.4) is 0 Å². The second-order valence-electron chi connectivity index (χ2n) is 5.44. The van der Waals surface area contributed by atoms with Gasteiger partial charge in [0.05, 0.1) is 11.0 Å². The summed E-state index contributed by atoms with van der Waals surface area (Å²) in [6, 6.07) is 9.34. The lowest BCUT2D eigenvalue weighted by molar-refractivity contribution is -0.384. The highest BCUT2D eigenvalue weighted by Crippen LogP contribution is 2.37. The van der Waals surface area contributed by atoms with Crippen molar-refractivity contribution < 1.29 is 9.31 Å². The number of aryl methyl sites for hydroxylation is 1. The monoisotopic (exact) mass is 301 g/mol. The molecule has 0 amide bonds. The number of fused-ring (bicyclic) bond motifs is 1. The standard InChI is InChI=1S/C16H16FN3O2/c17-13-4-2-6-15(20(21)22)16(13)19-14-5-1-3-10-9-11(18)7-8-12(10)14/h2,4,6-9,14,19H,1,3,5,18H2. The number of nitrogens with zero attached hydrogens (tertiary/aromatic N) is 1. The number of nitrogens with two attached hydrogens (primary N) is 1. The van der Waals surface area contributed by atoms with Gasteiger partial charge in [-0.1, -0.05) is 12.1 Å². The van der Waals surface area contributed by atoms with Crippen LogP contribution in [0.25, 0.3) is 0 Å². The highest BCUT2D eigenvalue weighted by molar-refractivity contribution is 5.63. The van der Waals surface area contributed by atoms with Crippen LogP contribution in [0.1, 0.15) is 30.0 Å². The van der Waals surface area contributed by atoms with Crippen molar-refractivity contribution in [3.05, 3.63) is 63.5 Å². The summed E-state index contributed by atoms with van der Waals surface area (Å²) in [5.74, 6) is -0.614. The molecule has 5 nitrogen and oxygen atoms in total. The molecule has 0 radical (unpaired) electrons. The lowest BCUT2D eigenvalue weighted by atomic mass is 9.87. The summed E-state index contributed by atoms with van der Waals surface area (Å²) in [4.78, 5) is 10.5. The van der Waals surface area contributed by atoms with Gasteiger partial charge in [-0.2, -0.15) is 0 Å². The van der Waals surface area contributed by atoms with Crippen LogP contribution in [-0.4, -0.2) is 4.92 Å². The molecular formula is C16H16FN3O2. The maximum absolute atomic E-state index is 14.0. The molecule has 2 aromatic rings. The summed E-state index contributed by atoms with van der Waals surface area (Å²) < 4.78 is 14.0. The zero-order valence-corrected chi connectivity index (χ0v) is 11.9. The number of hydrogen-bond acceptors (Lipinski definition) is 4. The van der Waals surface area contributed by atoms with Crippen molar-refractivity contribution >= 4 is 17.1 Å². The van der Waals surface area contributed by atoms with E-state index < -0.39 is 10.7 Å². The third-order valence-electron chi connectivity index (χ3n) is 3.99. The summed E-state index contributed by atoms with van der Waals surface area (Å²) in [6.45, 7) is 0. The lowest BCUT2D eigenvalue weighted by Gasteiger charge is -2.27. The Kier molecular flexibility index (Phi) is 3.66. The smallest absolute Gasteiger partial charge is 0.295 e. The van der Waals surface area contributed by atoms with Gasteiger partial charge in [0.25, 0.3) is 5.69 Å². The van der Waals surface area contributed by atoms with Crippen LogP contribution in [0.15, 0.2) is 36.4 Å². The molecule has 0 aliphatic heterocycles. The Morgan fingerprint density at radius 3 is 2.91 bits per heavy atom. The number of para-hydroxylation sites is 1. The van der Waals surface area contributed by atoms with Crippen molar-refractivity contribution in [3.63, 3.8) is 0 Å². The minimum atomic E-state index is -0.614. The molecule has 1 aliphatic carbocycles. The first-order chi connectivity index (χ1) is 10.6. The molecule has 3 N–H and O–H groups in total. The van der Waals surface area contributed by atoms with Crippen LogP contribution in [0.5, 0.6) is 0 Å².